The number of aromatic nitrogens is 2. The molecule has 12 nitrogen and oxygen atoms in total. The van der Waals surface area contributed by atoms with E-state index in [9.17, 15) is 19.8 Å². The smallest absolute Gasteiger partial charge is 0.273 e. The van der Waals surface area contributed by atoms with Crippen LogP contribution in [0.25, 0.3) is 0 Å². The zero-order valence-electron chi connectivity index (χ0n) is 20.3. The van der Waals surface area contributed by atoms with Gasteiger partial charge >= 0.3 is 0 Å². The summed E-state index contributed by atoms with van der Waals surface area (Å²) in [5.41, 5.74) is 0.0174. The highest BCUT2D eigenvalue weighted by atomic mass is 16.5. The quantitative estimate of drug-likeness (QED) is 0.116. The minimum absolute atomic E-state index is 0.0538. The Bertz CT molecular complexity index is 689. The Morgan fingerprint density at radius 1 is 0.941 bits per heavy atom. The van der Waals surface area contributed by atoms with Crippen LogP contribution in [0.3, 0.4) is 0 Å². The average molecular weight is 486 g/mol. The molecule has 12 heteroatoms. The first kappa shape index (κ1) is 29.7. The summed E-state index contributed by atoms with van der Waals surface area (Å²) in [6, 6.07) is 0. The van der Waals surface area contributed by atoms with E-state index >= 15 is 0 Å². The molecule has 0 aliphatic rings. The van der Waals surface area contributed by atoms with Gasteiger partial charge in [0.2, 0.25) is 0 Å². The first-order valence-electron chi connectivity index (χ1n) is 11.5. The van der Waals surface area contributed by atoms with Crippen molar-refractivity contribution in [1.29, 1.82) is 0 Å². The maximum absolute atomic E-state index is 13.0. The van der Waals surface area contributed by atoms with Crippen molar-refractivity contribution >= 4 is 23.3 Å². The fraction of sp³-hybridized carbons (Fsp3) is 0.727. The number of carbonyl (C=O) groups excluding carboxylic acids is 2. The largest absolute Gasteiger partial charge is 0.394 e. The average Bonchev–Trinajstić information content (AvgIpc) is 2.85. The highest BCUT2D eigenvalue weighted by Gasteiger charge is 2.23. The van der Waals surface area contributed by atoms with Crippen LogP contribution in [0.1, 0.15) is 60.0 Å². The monoisotopic (exact) mass is 485 g/mol. The van der Waals surface area contributed by atoms with Crippen LogP contribution in [0, 0.1) is 0 Å². The van der Waals surface area contributed by atoms with E-state index in [2.05, 4.69) is 25.9 Å². The zero-order chi connectivity index (χ0) is 25.3. The minimum Gasteiger partial charge on any atom is -0.394 e. The summed E-state index contributed by atoms with van der Waals surface area (Å²) >= 11 is 0. The third kappa shape index (κ3) is 10.7. The van der Waals surface area contributed by atoms with E-state index in [1.165, 1.54) is 0 Å². The SMILES string of the molecule is CCC(O)CCC(=O)c1nc(NCCCOC)c(C(=O)NCC(O)CO)nc1NCCCOC. The standard InChI is InChI=1S/C22H39N5O7/c1-4-15(29)7-8-17(31)18-20(23-9-5-11-33-2)27-19(22(32)25-13-16(30)14-28)21(26-18)24-10-6-12-34-3/h15-16,28-30H,4-14H2,1-3H3,(H,23,27)(H,24,26)(H,25,32). The fourth-order valence-corrected chi connectivity index (χ4v) is 2.86. The number of amides is 1. The molecule has 194 valence electrons. The molecule has 34 heavy (non-hydrogen) atoms. The van der Waals surface area contributed by atoms with Crippen molar-refractivity contribution in [3.8, 4) is 0 Å². The van der Waals surface area contributed by atoms with E-state index in [1.807, 2.05) is 6.92 Å². The molecule has 1 amide bonds. The molecule has 0 aliphatic heterocycles. The highest BCUT2D eigenvalue weighted by Crippen LogP contribution is 2.21. The maximum atomic E-state index is 13.0. The van der Waals surface area contributed by atoms with Crippen LogP contribution in [-0.2, 0) is 9.47 Å². The Kier molecular flexibility index (Phi) is 14.9. The molecule has 1 rings (SSSR count). The van der Waals surface area contributed by atoms with Gasteiger partial charge in [-0.2, -0.15) is 0 Å². The van der Waals surface area contributed by atoms with Crippen LogP contribution in [0.2, 0.25) is 0 Å². The Hall–Kier alpha value is -2.38. The van der Waals surface area contributed by atoms with Gasteiger partial charge in [-0.25, -0.2) is 9.97 Å². The van der Waals surface area contributed by atoms with Gasteiger partial charge in [-0.05, 0) is 25.7 Å². The number of carbonyl (C=O) groups is 2. The summed E-state index contributed by atoms with van der Waals surface area (Å²) in [5.74, 6) is -0.650. The third-order valence-electron chi connectivity index (χ3n) is 4.90. The summed E-state index contributed by atoms with van der Waals surface area (Å²) in [6.07, 6.45) is 0.461. The van der Waals surface area contributed by atoms with Crippen molar-refractivity contribution in [2.75, 3.05) is 64.3 Å². The van der Waals surface area contributed by atoms with Gasteiger partial charge in [-0.1, -0.05) is 6.92 Å². The minimum atomic E-state index is -1.12. The number of hydrogen-bond acceptors (Lipinski definition) is 11. The molecule has 0 saturated heterocycles. The first-order valence-corrected chi connectivity index (χ1v) is 11.5. The van der Waals surface area contributed by atoms with Gasteiger partial charge < -0.3 is 40.7 Å². The van der Waals surface area contributed by atoms with E-state index in [0.717, 1.165) is 0 Å². The lowest BCUT2D eigenvalue weighted by Gasteiger charge is -2.17. The highest BCUT2D eigenvalue weighted by molar-refractivity contribution is 6.02. The second kappa shape index (κ2) is 17.1. The Morgan fingerprint density at radius 2 is 1.50 bits per heavy atom. The number of aliphatic hydroxyl groups is 3. The molecular weight excluding hydrogens is 446 g/mol. The van der Waals surface area contributed by atoms with Gasteiger partial charge in [0.05, 0.1) is 18.8 Å². The predicted molar refractivity (Wildman–Crippen MR) is 127 cm³/mol. The second-order valence-corrected chi connectivity index (χ2v) is 7.73. The number of rotatable bonds is 19. The number of ketones is 1. The van der Waals surface area contributed by atoms with Gasteiger partial charge in [-0.15, -0.1) is 0 Å². The molecule has 0 aromatic carbocycles. The molecule has 0 saturated carbocycles. The van der Waals surface area contributed by atoms with Gasteiger partial charge in [-0.3, -0.25) is 9.59 Å². The second-order valence-electron chi connectivity index (χ2n) is 7.73. The Balaban J connectivity index is 3.26. The van der Waals surface area contributed by atoms with E-state index < -0.39 is 24.7 Å². The van der Waals surface area contributed by atoms with Crippen LogP contribution in [0.15, 0.2) is 0 Å². The molecular formula is C22H39N5O7. The maximum Gasteiger partial charge on any atom is 0.273 e. The molecule has 0 fully saturated rings. The lowest BCUT2D eigenvalue weighted by molar-refractivity contribution is 0.0798. The molecule has 0 bridgehead atoms. The lowest BCUT2D eigenvalue weighted by Crippen LogP contribution is -2.35. The van der Waals surface area contributed by atoms with Crippen LogP contribution in [0.5, 0.6) is 0 Å². The van der Waals surface area contributed by atoms with Crippen molar-refractivity contribution < 1.29 is 34.4 Å². The van der Waals surface area contributed by atoms with E-state index in [1.54, 1.807) is 14.2 Å². The predicted octanol–water partition coefficient (Wildman–Crippen LogP) is 0.190. The van der Waals surface area contributed by atoms with Crippen LogP contribution >= 0.6 is 0 Å². The number of methoxy groups -OCH3 is 2. The van der Waals surface area contributed by atoms with E-state index in [4.69, 9.17) is 14.6 Å². The fourth-order valence-electron chi connectivity index (χ4n) is 2.86. The molecule has 0 radical (unpaired) electrons. The van der Waals surface area contributed by atoms with Crippen LogP contribution < -0.4 is 16.0 Å². The molecule has 2 unspecified atom stereocenters. The normalized spacial score (nSPS) is 12.8. The van der Waals surface area contributed by atoms with Crippen molar-refractivity contribution in [2.24, 2.45) is 0 Å². The topological polar surface area (TPSA) is 175 Å². The number of nitrogens with one attached hydrogen (secondary N) is 3. The summed E-state index contributed by atoms with van der Waals surface area (Å²) < 4.78 is 10.1. The molecule has 1 aromatic heterocycles. The third-order valence-corrected chi connectivity index (χ3v) is 4.90. The number of anilines is 2. The van der Waals surface area contributed by atoms with Crippen LogP contribution in [0.4, 0.5) is 11.6 Å². The van der Waals surface area contributed by atoms with Gasteiger partial charge in [0.15, 0.2) is 28.8 Å². The molecule has 0 aliphatic carbocycles. The van der Waals surface area contributed by atoms with Gasteiger partial charge in [0.1, 0.15) is 0 Å². The number of hydrogen-bond donors (Lipinski definition) is 6. The molecule has 6 N–H and O–H groups in total. The van der Waals surface area contributed by atoms with E-state index in [-0.39, 0.29) is 48.2 Å². The first-order chi connectivity index (χ1) is 16.4. The molecule has 2 atom stereocenters. The summed E-state index contributed by atoms with van der Waals surface area (Å²) in [4.78, 5) is 34.6. The van der Waals surface area contributed by atoms with Crippen molar-refractivity contribution in [2.45, 2.75) is 51.2 Å². The summed E-state index contributed by atoms with van der Waals surface area (Å²) in [6.45, 7) is 3.00. The molecule has 0 spiro atoms. The van der Waals surface area contributed by atoms with Crippen LogP contribution in [-0.4, -0.2) is 103 Å². The van der Waals surface area contributed by atoms with Gasteiger partial charge in [0.25, 0.3) is 5.91 Å². The Morgan fingerprint density at radius 3 is 2.03 bits per heavy atom. The molecule has 1 heterocycles. The lowest BCUT2D eigenvalue weighted by atomic mass is 10.1. The van der Waals surface area contributed by atoms with E-state index in [0.29, 0.717) is 45.6 Å². The number of aliphatic hydroxyl groups excluding tert-OH is 3. The summed E-state index contributed by atoms with van der Waals surface area (Å²) in [5, 5.41) is 37.0. The Labute approximate surface area is 200 Å². The molecule has 1 aromatic rings. The van der Waals surface area contributed by atoms with Crippen molar-refractivity contribution in [3.05, 3.63) is 11.4 Å². The van der Waals surface area contributed by atoms with Crippen molar-refractivity contribution in [1.82, 2.24) is 15.3 Å². The van der Waals surface area contributed by atoms with Gasteiger partial charge in [0, 0.05) is 53.5 Å². The zero-order valence-corrected chi connectivity index (χ0v) is 20.3. The number of Topliss-reactive ketones (excluding diaryl/α,β-unsaturated/α-hetero) is 1. The number of nitrogens with zero attached hydrogens (tertiary/aromatic N) is 2. The number of ether oxygens (including phenoxy) is 2. The van der Waals surface area contributed by atoms with Crippen molar-refractivity contribution in [3.63, 3.8) is 0 Å². The summed E-state index contributed by atoms with van der Waals surface area (Å²) in [7, 11) is 3.16.